The first kappa shape index (κ1) is 15.1. The Morgan fingerprint density at radius 2 is 2.25 bits per heavy atom. The summed E-state index contributed by atoms with van der Waals surface area (Å²) in [6.45, 7) is 6.53. The lowest BCUT2D eigenvalue weighted by Gasteiger charge is -2.31. The summed E-state index contributed by atoms with van der Waals surface area (Å²) >= 11 is 1.37. The number of nitrogens with one attached hydrogen (secondary N) is 1. The molecule has 1 aliphatic rings. The third kappa shape index (κ3) is 3.42. The van der Waals surface area contributed by atoms with Crippen LogP contribution in [0.1, 0.15) is 49.2 Å². The van der Waals surface area contributed by atoms with E-state index in [4.69, 9.17) is 5.73 Å². The van der Waals surface area contributed by atoms with Crippen LogP contribution in [0.3, 0.4) is 0 Å². The van der Waals surface area contributed by atoms with E-state index in [1.165, 1.54) is 30.6 Å². The normalized spacial score (nSPS) is 14.9. The molecule has 0 bridgehead atoms. The number of nitrogens with zero attached hydrogens (tertiary/aromatic N) is 2. The van der Waals surface area contributed by atoms with Gasteiger partial charge in [-0.05, 0) is 32.1 Å². The van der Waals surface area contributed by atoms with Gasteiger partial charge >= 0.3 is 0 Å². The van der Waals surface area contributed by atoms with Gasteiger partial charge in [0.1, 0.15) is 10.7 Å². The molecule has 0 spiro atoms. The van der Waals surface area contributed by atoms with Gasteiger partial charge in [0, 0.05) is 19.6 Å². The Hall–Kier alpha value is -1.30. The fourth-order valence-corrected chi connectivity index (χ4v) is 3.16. The zero-order valence-corrected chi connectivity index (χ0v) is 13.1. The summed E-state index contributed by atoms with van der Waals surface area (Å²) in [5.74, 6) is 1.05. The smallest absolute Gasteiger partial charge is 0.267 e. The molecular weight excluding hydrogens is 272 g/mol. The van der Waals surface area contributed by atoms with Crippen LogP contribution in [0.25, 0.3) is 0 Å². The first-order valence-corrected chi connectivity index (χ1v) is 8.26. The Kier molecular flexibility index (Phi) is 5.23. The number of carbonyl (C=O) groups is 1. The molecule has 0 aliphatic heterocycles. The van der Waals surface area contributed by atoms with E-state index >= 15 is 0 Å². The molecule has 1 heterocycles. The van der Waals surface area contributed by atoms with Gasteiger partial charge in [0.25, 0.3) is 5.91 Å². The Labute approximate surface area is 124 Å². The molecule has 112 valence electrons. The van der Waals surface area contributed by atoms with E-state index in [2.05, 4.69) is 17.2 Å². The van der Waals surface area contributed by atoms with Crippen LogP contribution in [0.5, 0.6) is 0 Å². The van der Waals surface area contributed by atoms with Crippen LogP contribution in [0.4, 0.5) is 10.9 Å². The van der Waals surface area contributed by atoms with Crippen LogP contribution in [-0.2, 0) is 0 Å². The van der Waals surface area contributed by atoms with Crippen molar-refractivity contribution in [2.24, 2.45) is 5.92 Å². The van der Waals surface area contributed by atoms with Crippen molar-refractivity contribution in [3.8, 4) is 0 Å². The van der Waals surface area contributed by atoms with Gasteiger partial charge in [-0.1, -0.05) is 24.7 Å². The third-order valence-electron chi connectivity index (χ3n) is 3.75. The highest BCUT2D eigenvalue weighted by atomic mass is 32.1. The van der Waals surface area contributed by atoms with E-state index < -0.39 is 0 Å². The number of anilines is 2. The van der Waals surface area contributed by atoms with Gasteiger partial charge in [0.2, 0.25) is 0 Å². The molecule has 0 unspecified atom stereocenters. The van der Waals surface area contributed by atoms with Gasteiger partial charge in [-0.25, -0.2) is 4.98 Å². The molecule has 3 N–H and O–H groups in total. The van der Waals surface area contributed by atoms with Crippen molar-refractivity contribution in [1.29, 1.82) is 0 Å². The van der Waals surface area contributed by atoms with Gasteiger partial charge in [-0.2, -0.15) is 0 Å². The molecule has 0 aromatic carbocycles. The zero-order chi connectivity index (χ0) is 14.5. The Balaban J connectivity index is 2.03. The predicted octanol–water partition coefficient (Wildman–Crippen LogP) is 2.81. The third-order valence-corrected chi connectivity index (χ3v) is 4.76. The number of rotatable bonds is 7. The van der Waals surface area contributed by atoms with Crippen LogP contribution >= 0.6 is 11.3 Å². The maximum atomic E-state index is 12.5. The van der Waals surface area contributed by atoms with Crippen molar-refractivity contribution in [3.63, 3.8) is 0 Å². The van der Waals surface area contributed by atoms with Gasteiger partial charge < -0.3 is 16.0 Å². The predicted molar refractivity (Wildman–Crippen MR) is 84.2 cm³/mol. The lowest BCUT2D eigenvalue weighted by Crippen LogP contribution is -2.37. The standard InChI is InChI=1S/C14H24N4OS/c1-3-8-16-14-17-12(15)11(20-14)13(19)18(4-2)9-10-6-5-7-10/h10H,3-9,15H2,1-2H3,(H,16,17). The Morgan fingerprint density at radius 3 is 2.80 bits per heavy atom. The van der Waals surface area contributed by atoms with Gasteiger partial charge in [0.05, 0.1) is 0 Å². The van der Waals surface area contributed by atoms with Crippen molar-refractivity contribution in [1.82, 2.24) is 9.88 Å². The van der Waals surface area contributed by atoms with Crippen LogP contribution in [0.15, 0.2) is 0 Å². The maximum Gasteiger partial charge on any atom is 0.267 e. The summed E-state index contributed by atoms with van der Waals surface area (Å²) in [5.41, 5.74) is 5.90. The van der Waals surface area contributed by atoms with E-state index in [0.717, 1.165) is 31.2 Å². The molecule has 6 heteroatoms. The second-order valence-corrected chi connectivity index (χ2v) is 6.30. The fourth-order valence-electron chi connectivity index (χ4n) is 2.28. The van der Waals surface area contributed by atoms with Gasteiger partial charge in [-0.3, -0.25) is 4.79 Å². The molecular formula is C14H24N4OS. The largest absolute Gasteiger partial charge is 0.382 e. The first-order valence-electron chi connectivity index (χ1n) is 7.45. The highest BCUT2D eigenvalue weighted by Crippen LogP contribution is 2.30. The number of aromatic nitrogens is 1. The summed E-state index contributed by atoms with van der Waals surface area (Å²) in [7, 11) is 0. The number of hydrogen-bond donors (Lipinski definition) is 2. The van der Waals surface area contributed by atoms with E-state index in [9.17, 15) is 4.79 Å². The number of hydrogen-bond acceptors (Lipinski definition) is 5. The highest BCUT2D eigenvalue weighted by Gasteiger charge is 2.26. The first-order chi connectivity index (χ1) is 9.65. The molecule has 2 rings (SSSR count). The molecule has 1 amide bonds. The van der Waals surface area contributed by atoms with Crippen LogP contribution in [-0.4, -0.2) is 35.4 Å². The minimum Gasteiger partial charge on any atom is -0.382 e. The lowest BCUT2D eigenvalue weighted by atomic mass is 9.85. The average Bonchev–Trinajstić information content (AvgIpc) is 2.76. The van der Waals surface area contributed by atoms with Crippen molar-refractivity contribution in [2.45, 2.75) is 39.5 Å². The molecule has 1 fully saturated rings. The summed E-state index contributed by atoms with van der Waals surface area (Å²) in [5, 5.41) is 3.93. The van der Waals surface area contributed by atoms with Crippen molar-refractivity contribution in [2.75, 3.05) is 30.7 Å². The molecule has 0 radical (unpaired) electrons. The number of nitrogens with two attached hydrogens (primary N) is 1. The van der Waals surface area contributed by atoms with E-state index in [1.54, 1.807) is 0 Å². The molecule has 1 aliphatic carbocycles. The minimum absolute atomic E-state index is 0.0268. The van der Waals surface area contributed by atoms with Crippen LogP contribution in [0.2, 0.25) is 0 Å². The van der Waals surface area contributed by atoms with Gasteiger partial charge in [-0.15, -0.1) is 0 Å². The molecule has 20 heavy (non-hydrogen) atoms. The Bertz CT molecular complexity index is 456. The molecule has 1 aromatic rings. The number of amides is 1. The monoisotopic (exact) mass is 296 g/mol. The van der Waals surface area contributed by atoms with E-state index in [1.807, 2.05) is 11.8 Å². The molecule has 1 saturated carbocycles. The van der Waals surface area contributed by atoms with Crippen LogP contribution < -0.4 is 11.1 Å². The summed E-state index contributed by atoms with van der Waals surface area (Å²) in [6.07, 6.45) is 4.80. The Morgan fingerprint density at radius 1 is 1.50 bits per heavy atom. The second-order valence-electron chi connectivity index (χ2n) is 5.30. The fraction of sp³-hybridized carbons (Fsp3) is 0.714. The number of nitrogen functional groups attached to an aromatic ring is 1. The minimum atomic E-state index is 0.0268. The molecule has 1 aromatic heterocycles. The summed E-state index contributed by atoms with van der Waals surface area (Å²) in [6, 6.07) is 0. The van der Waals surface area contributed by atoms with Gasteiger partial charge in [0.15, 0.2) is 5.13 Å². The quantitative estimate of drug-likeness (QED) is 0.811. The molecule has 0 saturated heterocycles. The van der Waals surface area contributed by atoms with Crippen molar-refractivity contribution in [3.05, 3.63) is 4.88 Å². The van der Waals surface area contributed by atoms with Crippen LogP contribution in [0, 0.1) is 5.92 Å². The van der Waals surface area contributed by atoms with Crippen molar-refractivity contribution >= 4 is 28.2 Å². The average molecular weight is 296 g/mol. The topological polar surface area (TPSA) is 71.2 Å². The SMILES string of the molecule is CCCNc1nc(N)c(C(=O)N(CC)CC2CCC2)s1. The van der Waals surface area contributed by atoms with Crippen molar-refractivity contribution < 1.29 is 4.79 Å². The summed E-state index contributed by atoms with van der Waals surface area (Å²) in [4.78, 5) is 19.3. The zero-order valence-electron chi connectivity index (χ0n) is 12.3. The lowest BCUT2D eigenvalue weighted by molar-refractivity contribution is 0.0712. The molecule has 5 nitrogen and oxygen atoms in total. The van der Waals surface area contributed by atoms with E-state index in [-0.39, 0.29) is 5.91 Å². The number of carbonyl (C=O) groups excluding carboxylic acids is 1. The second kappa shape index (κ2) is 6.92. The summed E-state index contributed by atoms with van der Waals surface area (Å²) < 4.78 is 0. The number of thiazole rings is 1. The molecule has 0 atom stereocenters. The maximum absolute atomic E-state index is 12.5. The van der Waals surface area contributed by atoms with E-state index in [0.29, 0.717) is 16.6 Å². The highest BCUT2D eigenvalue weighted by molar-refractivity contribution is 7.18.